The minimum absolute atomic E-state index is 1.12. The molecule has 0 radical (unpaired) electrons. The average molecular weight is 737 g/mol. The van der Waals surface area contributed by atoms with Gasteiger partial charge in [0, 0.05) is 33.5 Å². The van der Waals surface area contributed by atoms with Crippen molar-refractivity contribution in [1.82, 2.24) is 4.57 Å². The lowest BCUT2D eigenvalue weighted by Gasteiger charge is -2.28. The van der Waals surface area contributed by atoms with Gasteiger partial charge in [-0.25, -0.2) is 0 Å². The van der Waals surface area contributed by atoms with E-state index in [1.807, 2.05) is 0 Å². The summed E-state index contributed by atoms with van der Waals surface area (Å²) in [6, 6.07) is 79.9. The molecule has 1 aliphatic rings. The van der Waals surface area contributed by atoms with Gasteiger partial charge in [0.05, 0.1) is 11.0 Å². The molecular weight excluding hydrogens is 701 g/mol. The van der Waals surface area contributed by atoms with Gasteiger partial charge in [0.25, 0.3) is 0 Å². The maximum atomic E-state index is 2.40. The molecule has 0 bridgehead atoms. The molecule has 0 amide bonds. The maximum absolute atomic E-state index is 2.40. The molecule has 0 saturated heterocycles. The minimum Gasteiger partial charge on any atom is -0.310 e. The molecular formula is C56H36N2. The van der Waals surface area contributed by atoms with Crippen molar-refractivity contribution in [3.8, 4) is 50.2 Å². The molecule has 0 N–H and O–H groups in total. The van der Waals surface area contributed by atoms with Crippen LogP contribution in [0.15, 0.2) is 218 Å². The number of fused-ring (bicyclic) bond motifs is 9. The van der Waals surface area contributed by atoms with Crippen LogP contribution in [0.3, 0.4) is 0 Å². The molecule has 0 fully saturated rings. The minimum atomic E-state index is 1.12. The molecule has 1 heterocycles. The predicted molar refractivity (Wildman–Crippen MR) is 246 cm³/mol. The summed E-state index contributed by atoms with van der Waals surface area (Å²) in [6.07, 6.45) is 0. The monoisotopic (exact) mass is 736 g/mol. The fourth-order valence-corrected chi connectivity index (χ4v) is 9.24. The largest absolute Gasteiger partial charge is 0.310 e. The number of benzene rings is 10. The zero-order valence-electron chi connectivity index (χ0n) is 31.7. The van der Waals surface area contributed by atoms with Crippen LogP contribution in [0.25, 0.3) is 93.5 Å². The third-order valence-corrected chi connectivity index (χ3v) is 12.0. The Labute approximate surface area is 337 Å². The molecule has 0 atom stereocenters. The highest BCUT2D eigenvalue weighted by Gasteiger charge is 2.25. The van der Waals surface area contributed by atoms with Crippen molar-refractivity contribution >= 4 is 60.4 Å². The summed E-state index contributed by atoms with van der Waals surface area (Å²) < 4.78 is 2.40. The number of hydrogen-bond donors (Lipinski definition) is 0. The smallest absolute Gasteiger partial charge is 0.0541 e. The molecule has 10 aromatic carbocycles. The van der Waals surface area contributed by atoms with E-state index in [4.69, 9.17) is 0 Å². The fraction of sp³-hybridized carbons (Fsp3) is 0. The third-order valence-electron chi connectivity index (χ3n) is 12.0. The second-order valence-corrected chi connectivity index (χ2v) is 15.4. The van der Waals surface area contributed by atoms with Crippen LogP contribution >= 0.6 is 0 Å². The summed E-state index contributed by atoms with van der Waals surface area (Å²) in [6.45, 7) is 0. The molecule has 11 aromatic rings. The van der Waals surface area contributed by atoms with Crippen LogP contribution in [0.2, 0.25) is 0 Å². The van der Waals surface area contributed by atoms with E-state index >= 15 is 0 Å². The zero-order valence-corrected chi connectivity index (χ0v) is 31.7. The maximum Gasteiger partial charge on any atom is 0.0541 e. The summed E-state index contributed by atoms with van der Waals surface area (Å²) in [7, 11) is 0. The number of anilines is 3. The average Bonchev–Trinajstić information content (AvgIpc) is 3.63. The van der Waals surface area contributed by atoms with E-state index in [1.165, 1.54) is 93.5 Å². The van der Waals surface area contributed by atoms with Crippen molar-refractivity contribution in [1.29, 1.82) is 0 Å². The molecule has 1 aromatic heterocycles. The lowest BCUT2D eigenvalue weighted by Crippen LogP contribution is -2.10. The van der Waals surface area contributed by atoms with Crippen molar-refractivity contribution in [2.75, 3.05) is 4.90 Å². The number of rotatable bonds is 6. The van der Waals surface area contributed by atoms with Crippen molar-refractivity contribution in [2.45, 2.75) is 0 Å². The van der Waals surface area contributed by atoms with Gasteiger partial charge in [0.15, 0.2) is 0 Å². The highest BCUT2D eigenvalue weighted by molar-refractivity contribution is 6.13. The Kier molecular flexibility index (Phi) is 7.26. The summed E-state index contributed by atoms with van der Waals surface area (Å²) >= 11 is 0. The fourth-order valence-electron chi connectivity index (χ4n) is 9.24. The molecule has 0 spiro atoms. The van der Waals surface area contributed by atoms with E-state index in [2.05, 4.69) is 228 Å². The molecule has 270 valence electrons. The van der Waals surface area contributed by atoms with Gasteiger partial charge in [-0.15, -0.1) is 0 Å². The Balaban J connectivity index is 0.956. The molecule has 58 heavy (non-hydrogen) atoms. The van der Waals surface area contributed by atoms with Crippen LogP contribution < -0.4 is 4.90 Å². The van der Waals surface area contributed by atoms with Crippen molar-refractivity contribution in [3.05, 3.63) is 218 Å². The van der Waals surface area contributed by atoms with E-state index in [0.717, 1.165) is 17.1 Å². The summed E-state index contributed by atoms with van der Waals surface area (Å²) in [5, 5.41) is 7.54. The Hall–Kier alpha value is -7.68. The van der Waals surface area contributed by atoms with Gasteiger partial charge in [0.1, 0.15) is 0 Å². The normalized spacial score (nSPS) is 11.8. The molecule has 1 aliphatic carbocycles. The molecule has 2 heteroatoms. The third kappa shape index (κ3) is 5.19. The highest BCUT2D eigenvalue weighted by Crippen LogP contribution is 2.51. The zero-order chi connectivity index (χ0) is 38.2. The molecule has 0 saturated carbocycles. The van der Waals surface area contributed by atoms with E-state index < -0.39 is 0 Å². The quantitative estimate of drug-likeness (QED) is 0.165. The lowest BCUT2D eigenvalue weighted by atomic mass is 9.78. The standard InChI is InChI=1S/C56H36N2/c1-3-13-37(14-4-1)39-17-11-19-45(29-39)57(46-20-12-18-40(30-46)38-15-5-2-6-16-38)47-27-25-41-33-51-53(35-43(41)31-47)52-34-42-26-28-48(32-44(42)36-54(51)52)58-55-23-9-7-21-49(55)50-22-8-10-24-56(50)58/h1-36H. The van der Waals surface area contributed by atoms with Crippen LogP contribution in [-0.2, 0) is 0 Å². The van der Waals surface area contributed by atoms with Crippen LogP contribution in [0.5, 0.6) is 0 Å². The van der Waals surface area contributed by atoms with Crippen LogP contribution in [0.1, 0.15) is 0 Å². The first-order chi connectivity index (χ1) is 28.7. The lowest BCUT2D eigenvalue weighted by molar-refractivity contribution is 1.19. The molecule has 0 aliphatic heterocycles. The number of para-hydroxylation sites is 2. The molecule has 12 rings (SSSR count). The van der Waals surface area contributed by atoms with Gasteiger partial charge < -0.3 is 9.47 Å². The summed E-state index contributed by atoms with van der Waals surface area (Å²) in [5.41, 5.74) is 17.1. The SMILES string of the molecule is c1ccc(-c2cccc(N(c3cccc(-c4ccccc4)c3)c3ccc4cc5c(cc4c3)-c3cc4ccc(-n6c7ccccc7c7ccccc76)cc4cc3-5)c2)cc1. The Morgan fingerprint density at radius 3 is 1.26 bits per heavy atom. The first kappa shape index (κ1) is 32.6. The Morgan fingerprint density at radius 1 is 0.276 bits per heavy atom. The van der Waals surface area contributed by atoms with Gasteiger partial charge in [-0.3, -0.25) is 0 Å². The van der Waals surface area contributed by atoms with Crippen molar-refractivity contribution < 1.29 is 0 Å². The van der Waals surface area contributed by atoms with Gasteiger partial charge in [-0.05, 0) is 151 Å². The van der Waals surface area contributed by atoms with Gasteiger partial charge in [-0.2, -0.15) is 0 Å². The first-order valence-electron chi connectivity index (χ1n) is 20.0. The van der Waals surface area contributed by atoms with Crippen LogP contribution in [-0.4, -0.2) is 4.57 Å². The van der Waals surface area contributed by atoms with E-state index in [-0.39, 0.29) is 0 Å². The van der Waals surface area contributed by atoms with Crippen LogP contribution in [0, 0.1) is 0 Å². The number of nitrogens with zero attached hydrogens (tertiary/aromatic N) is 2. The van der Waals surface area contributed by atoms with E-state index in [1.54, 1.807) is 0 Å². The number of aromatic nitrogens is 1. The second kappa shape index (κ2) is 12.9. The second-order valence-electron chi connectivity index (χ2n) is 15.4. The van der Waals surface area contributed by atoms with Crippen molar-refractivity contribution in [2.24, 2.45) is 0 Å². The predicted octanol–water partition coefficient (Wildman–Crippen LogP) is 15.5. The van der Waals surface area contributed by atoms with Gasteiger partial charge in [0.2, 0.25) is 0 Å². The first-order valence-corrected chi connectivity index (χ1v) is 20.0. The Morgan fingerprint density at radius 2 is 0.707 bits per heavy atom. The van der Waals surface area contributed by atoms with Gasteiger partial charge >= 0.3 is 0 Å². The van der Waals surface area contributed by atoms with Crippen LogP contribution in [0.4, 0.5) is 17.1 Å². The van der Waals surface area contributed by atoms with Gasteiger partial charge in [-0.1, -0.05) is 133 Å². The highest BCUT2D eigenvalue weighted by atomic mass is 15.1. The topological polar surface area (TPSA) is 8.17 Å². The van der Waals surface area contributed by atoms with Crippen molar-refractivity contribution in [3.63, 3.8) is 0 Å². The molecule has 2 nitrogen and oxygen atoms in total. The van der Waals surface area contributed by atoms with E-state index in [9.17, 15) is 0 Å². The summed E-state index contributed by atoms with van der Waals surface area (Å²) in [4.78, 5) is 2.40. The summed E-state index contributed by atoms with van der Waals surface area (Å²) in [5.74, 6) is 0. The van der Waals surface area contributed by atoms with E-state index in [0.29, 0.717) is 0 Å². The number of hydrogen-bond acceptors (Lipinski definition) is 1. The Bertz CT molecular complexity index is 3260. The molecule has 0 unspecified atom stereocenters.